The van der Waals surface area contributed by atoms with Crippen LogP contribution in [-0.4, -0.2) is 36.1 Å². The van der Waals surface area contributed by atoms with Crippen molar-refractivity contribution in [2.24, 2.45) is 34.0 Å². The number of carbonyl (C=O) groups excluding carboxylic acids is 2. The average molecular weight is 368 g/mol. The van der Waals surface area contributed by atoms with Crippen molar-refractivity contribution in [3.63, 3.8) is 0 Å². The zero-order valence-electron chi connectivity index (χ0n) is 16.9. The molecule has 0 aromatic carbocycles. The summed E-state index contributed by atoms with van der Waals surface area (Å²) < 4.78 is 0. The van der Waals surface area contributed by atoms with Crippen LogP contribution in [0.1, 0.15) is 58.8 Å². The molecular weight excluding hydrogens is 334 g/mol. The molecule has 3 nitrogen and oxygen atoms in total. The molecule has 6 atom stereocenters. The molecule has 0 unspecified atom stereocenters. The molecule has 4 aliphatic carbocycles. The van der Waals surface area contributed by atoms with E-state index in [1.807, 2.05) is 0 Å². The molecule has 3 saturated carbocycles. The lowest BCUT2D eigenvalue weighted by Gasteiger charge is -2.60. The highest BCUT2D eigenvalue weighted by atomic mass is 16.1. The van der Waals surface area contributed by atoms with Crippen molar-refractivity contribution >= 4 is 11.6 Å². The third-order valence-corrected chi connectivity index (χ3v) is 9.37. The molecule has 0 radical (unpaired) electrons. The van der Waals surface area contributed by atoms with Gasteiger partial charge in [0.25, 0.3) is 0 Å². The monoisotopic (exact) mass is 367 g/mol. The Hall–Kier alpha value is -1.22. The van der Waals surface area contributed by atoms with Crippen LogP contribution in [0.3, 0.4) is 0 Å². The Labute approximate surface area is 163 Å². The van der Waals surface area contributed by atoms with Crippen LogP contribution in [0.5, 0.6) is 0 Å². The molecule has 1 heterocycles. The fourth-order valence-corrected chi connectivity index (χ4v) is 8.08. The first-order valence-corrected chi connectivity index (χ1v) is 11.0. The van der Waals surface area contributed by atoms with Gasteiger partial charge in [-0.2, -0.15) is 0 Å². The van der Waals surface area contributed by atoms with E-state index < -0.39 is 0 Å². The molecule has 0 aromatic rings. The minimum atomic E-state index is -0.116. The third kappa shape index (κ3) is 2.24. The van der Waals surface area contributed by atoms with Gasteiger partial charge in [-0.25, -0.2) is 0 Å². The number of ketones is 2. The second-order valence-corrected chi connectivity index (χ2v) is 10.7. The highest BCUT2D eigenvalue weighted by molar-refractivity contribution is 6.05. The maximum Gasteiger partial charge on any atom is 0.181 e. The fourth-order valence-electron chi connectivity index (χ4n) is 8.08. The lowest BCUT2D eigenvalue weighted by Crippen LogP contribution is -2.55. The number of likely N-dealkylation sites (tertiary alicyclic amines) is 1. The van der Waals surface area contributed by atoms with E-state index in [9.17, 15) is 9.59 Å². The van der Waals surface area contributed by atoms with Crippen LogP contribution in [0.2, 0.25) is 0 Å². The molecule has 5 rings (SSSR count). The molecule has 1 saturated heterocycles. The molecule has 27 heavy (non-hydrogen) atoms. The first-order valence-electron chi connectivity index (χ1n) is 11.0. The second-order valence-electron chi connectivity index (χ2n) is 10.7. The summed E-state index contributed by atoms with van der Waals surface area (Å²) >= 11 is 0. The number of allylic oxidation sites excluding steroid dienone is 3. The number of hydrogen-bond acceptors (Lipinski definition) is 3. The maximum absolute atomic E-state index is 13.6. The van der Waals surface area contributed by atoms with Crippen molar-refractivity contribution in [3.8, 4) is 0 Å². The van der Waals surface area contributed by atoms with Gasteiger partial charge >= 0.3 is 0 Å². The summed E-state index contributed by atoms with van der Waals surface area (Å²) in [5.74, 6) is 1.61. The van der Waals surface area contributed by atoms with Gasteiger partial charge in [0.1, 0.15) is 5.78 Å². The van der Waals surface area contributed by atoms with Gasteiger partial charge in [-0.15, -0.1) is 0 Å². The second kappa shape index (κ2) is 5.65. The van der Waals surface area contributed by atoms with Crippen molar-refractivity contribution in [3.05, 3.63) is 24.3 Å². The fraction of sp³-hybridized carbons (Fsp3) is 0.750. The number of carbonyl (C=O) groups is 2. The highest BCUT2D eigenvalue weighted by Crippen LogP contribution is 2.72. The number of nitrogens with zero attached hydrogens (tertiary/aromatic N) is 1. The van der Waals surface area contributed by atoms with E-state index in [2.05, 4.69) is 31.4 Å². The van der Waals surface area contributed by atoms with Crippen LogP contribution in [0.15, 0.2) is 24.3 Å². The molecule has 0 N–H and O–H groups in total. The molecular formula is C24H33NO2. The predicted octanol–water partition coefficient (Wildman–Crippen LogP) is 4.19. The van der Waals surface area contributed by atoms with Crippen LogP contribution in [0, 0.1) is 34.0 Å². The van der Waals surface area contributed by atoms with E-state index in [-0.39, 0.29) is 33.9 Å². The highest BCUT2D eigenvalue weighted by Gasteiger charge is 2.69. The van der Waals surface area contributed by atoms with Gasteiger partial charge < -0.3 is 4.90 Å². The quantitative estimate of drug-likeness (QED) is 0.687. The molecule has 2 bridgehead atoms. The molecule has 1 aliphatic heterocycles. The topological polar surface area (TPSA) is 37.4 Å². The molecule has 3 heteroatoms. The van der Waals surface area contributed by atoms with Crippen molar-refractivity contribution in [1.29, 1.82) is 0 Å². The van der Waals surface area contributed by atoms with Crippen LogP contribution < -0.4 is 0 Å². The molecule has 0 amide bonds. The van der Waals surface area contributed by atoms with E-state index in [0.29, 0.717) is 11.7 Å². The zero-order valence-corrected chi connectivity index (χ0v) is 16.9. The summed E-state index contributed by atoms with van der Waals surface area (Å²) in [6.07, 6.45) is 11.9. The Bertz CT molecular complexity index is 747. The normalized spacial score (nSPS) is 49.4. The smallest absolute Gasteiger partial charge is 0.181 e. The number of fused-ring (bicyclic) bond motifs is 3. The molecule has 4 fully saturated rings. The van der Waals surface area contributed by atoms with Gasteiger partial charge in [0.05, 0.1) is 0 Å². The molecule has 1 spiro atoms. The summed E-state index contributed by atoms with van der Waals surface area (Å²) in [6, 6.07) is 0. The Kier molecular flexibility index (Phi) is 3.74. The lowest BCUT2D eigenvalue weighted by atomic mass is 9.43. The summed E-state index contributed by atoms with van der Waals surface area (Å²) in [4.78, 5) is 28.4. The molecule has 0 aromatic heterocycles. The standard InChI is InChI=1S/C24H33NO2/c1-16-17-6-11-24-15-22(2,21(27)18(24)14-25-12-4-5-13-25)9-8-20(24)23(17,3)10-7-19(16)26/h7,10,17-18,20H,1,4-6,8-9,11-15H2,2-3H3/t17-,18-,20+,22+,23-,24-/m1/s1. The number of rotatable bonds is 2. The SMILES string of the molecule is C=C1C(=O)C=C[C@]2(C)[C@@H]1CC[C@]13C[C@](C)(CC[C@@H]21)C(=O)[C@H]3CN1CCCC1. The summed E-state index contributed by atoms with van der Waals surface area (Å²) in [5.41, 5.74) is 0.806. The van der Waals surface area contributed by atoms with Crippen LogP contribution in [-0.2, 0) is 9.59 Å². The van der Waals surface area contributed by atoms with Gasteiger partial charge in [-0.1, -0.05) is 26.5 Å². The summed E-state index contributed by atoms with van der Waals surface area (Å²) in [7, 11) is 0. The number of Topliss-reactive ketones (excluding diaryl/α,β-unsaturated/α-hetero) is 1. The van der Waals surface area contributed by atoms with Crippen molar-refractivity contribution in [2.45, 2.75) is 58.8 Å². The third-order valence-electron chi connectivity index (χ3n) is 9.37. The van der Waals surface area contributed by atoms with E-state index in [0.717, 1.165) is 57.3 Å². The molecule has 5 aliphatic rings. The van der Waals surface area contributed by atoms with E-state index in [1.54, 1.807) is 6.08 Å². The summed E-state index contributed by atoms with van der Waals surface area (Å²) in [5, 5.41) is 0. The Morgan fingerprint density at radius 3 is 2.63 bits per heavy atom. The average Bonchev–Trinajstić information content (AvgIpc) is 3.19. The van der Waals surface area contributed by atoms with Gasteiger partial charge in [0.2, 0.25) is 0 Å². The summed E-state index contributed by atoms with van der Waals surface area (Å²) in [6.45, 7) is 12.1. The Balaban J connectivity index is 1.57. The van der Waals surface area contributed by atoms with Crippen LogP contribution >= 0.6 is 0 Å². The van der Waals surface area contributed by atoms with Gasteiger partial charge in [0.15, 0.2) is 5.78 Å². The van der Waals surface area contributed by atoms with E-state index in [4.69, 9.17) is 0 Å². The van der Waals surface area contributed by atoms with Gasteiger partial charge in [0, 0.05) is 17.9 Å². The molecule has 146 valence electrons. The van der Waals surface area contributed by atoms with Crippen LogP contribution in [0.4, 0.5) is 0 Å². The van der Waals surface area contributed by atoms with Crippen molar-refractivity contribution in [2.75, 3.05) is 19.6 Å². The number of hydrogen-bond donors (Lipinski definition) is 0. The van der Waals surface area contributed by atoms with E-state index >= 15 is 0 Å². The predicted molar refractivity (Wildman–Crippen MR) is 106 cm³/mol. The van der Waals surface area contributed by atoms with Crippen LogP contribution in [0.25, 0.3) is 0 Å². The minimum Gasteiger partial charge on any atom is -0.303 e. The minimum absolute atomic E-state index is 0.0154. The Morgan fingerprint density at radius 1 is 1.15 bits per heavy atom. The largest absolute Gasteiger partial charge is 0.303 e. The Morgan fingerprint density at radius 2 is 1.89 bits per heavy atom. The van der Waals surface area contributed by atoms with Crippen molar-refractivity contribution < 1.29 is 9.59 Å². The van der Waals surface area contributed by atoms with E-state index in [1.165, 1.54) is 12.8 Å². The first kappa shape index (κ1) is 17.8. The zero-order chi connectivity index (χ0) is 19.0. The maximum atomic E-state index is 13.6. The van der Waals surface area contributed by atoms with Crippen molar-refractivity contribution in [1.82, 2.24) is 4.90 Å². The first-order chi connectivity index (χ1) is 12.8. The lowest BCUT2D eigenvalue weighted by molar-refractivity contribution is -0.130. The van der Waals surface area contributed by atoms with Gasteiger partial charge in [-0.3, -0.25) is 9.59 Å². The van der Waals surface area contributed by atoms with Gasteiger partial charge in [-0.05, 0) is 92.4 Å².